The molecule has 2 fully saturated rings. The highest BCUT2D eigenvalue weighted by atomic mass is 32.2. The van der Waals surface area contributed by atoms with Crippen LogP contribution in [0.2, 0.25) is 0 Å². The minimum atomic E-state index is -1.03. The van der Waals surface area contributed by atoms with Crippen LogP contribution in [0.25, 0.3) is 22.2 Å². The van der Waals surface area contributed by atoms with Crippen molar-refractivity contribution in [2.24, 2.45) is 0 Å². The zero-order chi connectivity index (χ0) is 18.5. The van der Waals surface area contributed by atoms with E-state index in [2.05, 4.69) is 40.2 Å². The van der Waals surface area contributed by atoms with Crippen LogP contribution in [-0.2, 0) is 10.8 Å². The van der Waals surface area contributed by atoms with E-state index in [-0.39, 0.29) is 6.10 Å². The second-order valence-electron chi connectivity index (χ2n) is 7.79. The van der Waals surface area contributed by atoms with Crippen molar-refractivity contribution in [1.29, 1.82) is 0 Å². The number of rotatable bonds is 4. The largest absolute Gasteiger partial charge is 0.391 e. The molecule has 1 saturated carbocycles. The lowest BCUT2D eigenvalue weighted by Gasteiger charge is -2.21. The van der Waals surface area contributed by atoms with Gasteiger partial charge >= 0.3 is 0 Å². The molecule has 0 radical (unpaired) electrons. The van der Waals surface area contributed by atoms with Crippen LogP contribution in [0.15, 0.2) is 47.4 Å². The van der Waals surface area contributed by atoms with Gasteiger partial charge in [0, 0.05) is 62.9 Å². The van der Waals surface area contributed by atoms with Gasteiger partial charge in [0.25, 0.3) is 0 Å². The number of β-amino-alcohol motifs (C(OH)–C–C–N with tert-alkyl or cyclic N) is 1. The van der Waals surface area contributed by atoms with Crippen molar-refractivity contribution in [1.82, 2.24) is 4.98 Å². The number of benzene rings is 2. The van der Waals surface area contributed by atoms with E-state index in [1.807, 2.05) is 12.1 Å². The second kappa shape index (κ2) is 6.50. The Hall–Kier alpha value is -2.11. The summed E-state index contributed by atoms with van der Waals surface area (Å²) < 4.78 is 12.1. The average Bonchev–Trinajstić information content (AvgIpc) is 3.27. The SMILES string of the molecule is C[S@@](=O)c1ccc(N2CCC(O)C2)c(-c2cc3cccc(C4CC4)c3[nH]2)c1. The third-order valence-corrected chi connectivity index (χ3v) is 6.72. The number of hydrogen-bond acceptors (Lipinski definition) is 3. The Morgan fingerprint density at radius 1 is 1.15 bits per heavy atom. The van der Waals surface area contributed by atoms with Gasteiger partial charge in [-0.1, -0.05) is 18.2 Å². The zero-order valence-corrected chi connectivity index (χ0v) is 16.3. The van der Waals surface area contributed by atoms with Crippen LogP contribution in [0.3, 0.4) is 0 Å². The third kappa shape index (κ3) is 3.09. The van der Waals surface area contributed by atoms with Crippen molar-refractivity contribution in [3.8, 4) is 11.3 Å². The van der Waals surface area contributed by atoms with Crippen LogP contribution >= 0.6 is 0 Å². The summed E-state index contributed by atoms with van der Waals surface area (Å²) in [7, 11) is -1.03. The van der Waals surface area contributed by atoms with Gasteiger partial charge in [-0.25, -0.2) is 0 Å². The standard InChI is InChI=1S/C22H24N2O2S/c1-27(26)17-7-8-21(24-10-9-16(25)13-24)19(12-17)20-11-15-3-2-4-18(14-5-6-14)22(15)23-20/h2-4,7-8,11-12,14,16,23,25H,5-6,9-10,13H2,1H3/t16?,27-/m1/s1. The first-order valence-electron chi connectivity index (χ1n) is 9.62. The molecule has 1 aromatic heterocycles. The number of H-pyrrole nitrogens is 1. The van der Waals surface area contributed by atoms with E-state index >= 15 is 0 Å². The van der Waals surface area contributed by atoms with Crippen molar-refractivity contribution in [2.45, 2.75) is 36.2 Å². The molecule has 0 spiro atoms. The molecular formula is C22H24N2O2S. The van der Waals surface area contributed by atoms with Gasteiger partial charge in [-0.2, -0.15) is 0 Å². The summed E-state index contributed by atoms with van der Waals surface area (Å²) in [6.45, 7) is 1.49. The van der Waals surface area contributed by atoms with E-state index in [9.17, 15) is 9.32 Å². The van der Waals surface area contributed by atoms with Gasteiger partial charge in [-0.3, -0.25) is 4.21 Å². The Kier molecular flexibility index (Phi) is 4.10. The Bertz CT molecular complexity index is 1040. The number of nitrogens with one attached hydrogen (secondary N) is 1. The topological polar surface area (TPSA) is 56.3 Å². The maximum atomic E-state index is 12.1. The van der Waals surface area contributed by atoms with E-state index in [1.165, 1.54) is 29.3 Å². The van der Waals surface area contributed by atoms with E-state index in [0.29, 0.717) is 12.5 Å². The molecule has 5 heteroatoms. The highest BCUT2D eigenvalue weighted by molar-refractivity contribution is 7.84. The number of fused-ring (bicyclic) bond motifs is 1. The maximum Gasteiger partial charge on any atom is 0.0731 e. The second-order valence-corrected chi connectivity index (χ2v) is 9.17. The average molecular weight is 381 g/mol. The zero-order valence-electron chi connectivity index (χ0n) is 15.4. The Morgan fingerprint density at radius 2 is 2.00 bits per heavy atom. The van der Waals surface area contributed by atoms with Gasteiger partial charge in [0.1, 0.15) is 0 Å². The number of para-hydroxylation sites is 1. The Balaban J connectivity index is 1.66. The van der Waals surface area contributed by atoms with Crippen molar-refractivity contribution in [3.63, 3.8) is 0 Å². The quantitative estimate of drug-likeness (QED) is 0.719. The predicted octanol–water partition coefficient (Wildman–Crippen LogP) is 4.02. The lowest BCUT2D eigenvalue weighted by molar-refractivity contribution is 0.198. The minimum Gasteiger partial charge on any atom is -0.391 e. The number of aliphatic hydroxyl groups is 1. The number of nitrogens with zero attached hydrogens (tertiary/aromatic N) is 1. The fraction of sp³-hybridized carbons (Fsp3) is 0.364. The highest BCUT2D eigenvalue weighted by Crippen LogP contribution is 2.44. The summed E-state index contributed by atoms with van der Waals surface area (Å²) in [6, 6.07) is 14.8. The van der Waals surface area contributed by atoms with E-state index in [0.717, 1.165) is 34.8 Å². The molecule has 1 aliphatic heterocycles. The molecule has 27 heavy (non-hydrogen) atoms. The summed E-state index contributed by atoms with van der Waals surface area (Å²) in [4.78, 5) is 6.72. The predicted molar refractivity (Wildman–Crippen MR) is 111 cm³/mol. The normalized spacial score (nSPS) is 21.1. The first-order valence-corrected chi connectivity index (χ1v) is 11.2. The summed E-state index contributed by atoms with van der Waals surface area (Å²) in [5.41, 5.74) is 5.86. The van der Waals surface area contributed by atoms with Gasteiger partial charge in [-0.05, 0) is 55.0 Å². The molecule has 1 aliphatic carbocycles. The summed E-state index contributed by atoms with van der Waals surface area (Å²) >= 11 is 0. The van der Waals surface area contributed by atoms with Crippen LogP contribution in [-0.4, -0.2) is 39.7 Å². The molecule has 1 unspecified atom stereocenters. The highest BCUT2D eigenvalue weighted by Gasteiger charge is 2.27. The number of aliphatic hydroxyl groups excluding tert-OH is 1. The molecule has 4 nitrogen and oxygen atoms in total. The molecule has 5 rings (SSSR count). The smallest absolute Gasteiger partial charge is 0.0731 e. The van der Waals surface area contributed by atoms with Crippen molar-refractivity contribution in [2.75, 3.05) is 24.2 Å². The van der Waals surface area contributed by atoms with Gasteiger partial charge < -0.3 is 15.0 Å². The van der Waals surface area contributed by atoms with Crippen LogP contribution in [0, 0.1) is 0 Å². The number of aromatic nitrogens is 1. The fourth-order valence-corrected chi connectivity index (χ4v) is 4.75. The number of hydrogen-bond donors (Lipinski definition) is 2. The fourth-order valence-electron chi connectivity index (χ4n) is 4.21. The van der Waals surface area contributed by atoms with Gasteiger partial charge in [0.2, 0.25) is 0 Å². The van der Waals surface area contributed by atoms with E-state index < -0.39 is 10.8 Å². The molecule has 3 aromatic rings. The van der Waals surface area contributed by atoms with E-state index in [1.54, 1.807) is 6.26 Å². The van der Waals surface area contributed by atoms with Gasteiger partial charge in [-0.15, -0.1) is 0 Å². The van der Waals surface area contributed by atoms with Crippen LogP contribution in [0.1, 0.15) is 30.7 Å². The molecule has 2 aromatic carbocycles. The lowest BCUT2D eigenvalue weighted by atomic mass is 10.1. The maximum absolute atomic E-state index is 12.1. The molecule has 2 heterocycles. The monoisotopic (exact) mass is 380 g/mol. The summed E-state index contributed by atoms with van der Waals surface area (Å²) in [5, 5.41) is 11.2. The first kappa shape index (κ1) is 17.0. The van der Waals surface area contributed by atoms with Crippen LogP contribution in [0.4, 0.5) is 5.69 Å². The number of aromatic amines is 1. The van der Waals surface area contributed by atoms with Crippen molar-refractivity contribution < 1.29 is 9.32 Å². The molecule has 0 bridgehead atoms. The Labute approximate surface area is 161 Å². The molecule has 2 atom stereocenters. The van der Waals surface area contributed by atoms with E-state index in [4.69, 9.17) is 0 Å². The molecule has 1 saturated heterocycles. The molecule has 140 valence electrons. The molecule has 0 amide bonds. The molecular weight excluding hydrogens is 356 g/mol. The van der Waals surface area contributed by atoms with Crippen molar-refractivity contribution >= 4 is 27.4 Å². The summed E-state index contributed by atoms with van der Waals surface area (Å²) in [6.07, 6.45) is 4.78. The van der Waals surface area contributed by atoms with Crippen LogP contribution in [0.5, 0.6) is 0 Å². The summed E-state index contributed by atoms with van der Waals surface area (Å²) in [5.74, 6) is 0.683. The Morgan fingerprint density at radius 3 is 2.70 bits per heavy atom. The van der Waals surface area contributed by atoms with Crippen molar-refractivity contribution in [3.05, 3.63) is 48.0 Å². The van der Waals surface area contributed by atoms with Gasteiger partial charge in [0.05, 0.1) is 6.10 Å². The first-order chi connectivity index (χ1) is 13.1. The molecule has 2 N–H and O–H groups in total. The molecule has 2 aliphatic rings. The van der Waals surface area contributed by atoms with Gasteiger partial charge in [0.15, 0.2) is 0 Å². The van der Waals surface area contributed by atoms with Crippen LogP contribution < -0.4 is 4.90 Å². The minimum absolute atomic E-state index is 0.276. The lowest BCUT2D eigenvalue weighted by Crippen LogP contribution is -2.21. The number of anilines is 1. The third-order valence-electron chi connectivity index (χ3n) is 5.80.